The van der Waals surface area contributed by atoms with Crippen LogP contribution >= 0.6 is 0 Å². The number of hydrogen-bond donors (Lipinski definition) is 2. The number of nitrogens with two attached hydrogens (primary N) is 1. The first-order chi connectivity index (χ1) is 9.21. The van der Waals surface area contributed by atoms with Gasteiger partial charge in [0.1, 0.15) is 11.6 Å². The van der Waals surface area contributed by atoms with E-state index in [9.17, 15) is 0 Å². The molecule has 3 N–H and O–H groups in total. The summed E-state index contributed by atoms with van der Waals surface area (Å²) in [7, 11) is 0. The molecule has 0 spiro atoms. The van der Waals surface area contributed by atoms with Crippen LogP contribution in [0.15, 0.2) is 6.07 Å². The summed E-state index contributed by atoms with van der Waals surface area (Å²) in [6.45, 7) is 7.40. The number of nitrogens with zero attached hydrogens (tertiary/aromatic N) is 3. The van der Waals surface area contributed by atoms with E-state index in [-0.39, 0.29) is 0 Å². The second-order valence-corrected chi connectivity index (χ2v) is 5.44. The molecule has 2 rings (SSSR count). The number of rotatable bonds is 4. The Morgan fingerprint density at radius 3 is 2.95 bits per heavy atom. The van der Waals surface area contributed by atoms with E-state index in [1.807, 2.05) is 13.0 Å². The highest BCUT2D eigenvalue weighted by atomic mass is 15.3. The summed E-state index contributed by atoms with van der Waals surface area (Å²) in [5.41, 5.74) is 3.56. The zero-order valence-corrected chi connectivity index (χ0v) is 12.0. The molecule has 1 aliphatic heterocycles. The van der Waals surface area contributed by atoms with Gasteiger partial charge < -0.3 is 5.43 Å². The van der Waals surface area contributed by atoms with Gasteiger partial charge in [0.2, 0.25) is 0 Å². The summed E-state index contributed by atoms with van der Waals surface area (Å²) in [6, 6.07) is 1.86. The lowest BCUT2D eigenvalue weighted by atomic mass is 9.98. The maximum Gasteiger partial charge on any atom is 0.145 e. The highest BCUT2D eigenvalue weighted by molar-refractivity contribution is 5.33. The van der Waals surface area contributed by atoms with Crippen LogP contribution in [0.3, 0.4) is 0 Å². The Labute approximate surface area is 115 Å². The smallest absolute Gasteiger partial charge is 0.145 e. The van der Waals surface area contributed by atoms with Crippen LogP contribution in [0.5, 0.6) is 0 Å². The average molecular weight is 263 g/mol. The molecule has 1 unspecified atom stereocenters. The van der Waals surface area contributed by atoms with E-state index in [0.29, 0.717) is 5.82 Å². The predicted molar refractivity (Wildman–Crippen MR) is 77.5 cm³/mol. The first kappa shape index (κ1) is 14.2. The molecule has 0 amide bonds. The number of nitrogens with one attached hydrogen (secondary N) is 1. The van der Waals surface area contributed by atoms with Gasteiger partial charge in [0, 0.05) is 11.8 Å². The van der Waals surface area contributed by atoms with Crippen molar-refractivity contribution in [1.82, 2.24) is 14.9 Å². The minimum atomic E-state index is 0.698. The van der Waals surface area contributed by atoms with Crippen molar-refractivity contribution in [3.63, 3.8) is 0 Å². The van der Waals surface area contributed by atoms with Crippen LogP contribution in [-0.4, -0.2) is 28.0 Å². The van der Waals surface area contributed by atoms with Crippen molar-refractivity contribution in [1.29, 1.82) is 0 Å². The zero-order chi connectivity index (χ0) is 13.7. The maximum atomic E-state index is 5.43. The van der Waals surface area contributed by atoms with Crippen molar-refractivity contribution in [3.8, 4) is 0 Å². The van der Waals surface area contributed by atoms with Gasteiger partial charge >= 0.3 is 0 Å². The standard InChI is InChI=1S/C14H25N5/c1-3-12-5-4-7-19(8-6-12)10-14-16-11(2)9-13(17-14)18-15/h9,12H,3-8,10,15H2,1-2H3,(H,16,17,18). The number of hydrazine groups is 1. The summed E-state index contributed by atoms with van der Waals surface area (Å²) in [5, 5.41) is 0. The molecule has 1 aromatic rings. The van der Waals surface area contributed by atoms with Gasteiger partial charge in [0.25, 0.3) is 0 Å². The van der Waals surface area contributed by atoms with E-state index in [4.69, 9.17) is 5.84 Å². The fraction of sp³-hybridized carbons (Fsp3) is 0.714. The van der Waals surface area contributed by atoms with Crippen LogP contribution < -0.4 is 11.3 Å². The molecule has 1 saturated heterocycles. The van der Waals surface area contributed by atoms with Gasteiger partial charge in [-0.1, -0.05) is 13.3 Å². The van der Waals surface area contributed by atoms with E-state index in [1.165, 1.54) is 25.7 Å². The summed E-state index contributed by atoms with van der Waals surface area (Å²) >= 11 is 0. The lowest BCUT2D eigenvalue weighted by Crippen LogP contribution is -2.26. The topological polar surface area (TPSA) is 67.1 Å². The third kappa shape index (κ3) is 4.14. The molecule has 5 heteroatoms. The third-order valence-electron chi connectivity index (χ3n) is 3.93. The van der Waals surface area contributed by atoms with Crippen LogP contribution in [0, 0.1) is 12.8 Å². The Morgan fingerprint density at radius 1 is 1.37 bits per heavy atom. The van der Waals surface area contributed by atoms with E-state index in [2.05, 4.69) is 27.2 Å². The number of likely N-dealkylation sites (tertiary alicyclic amines) is 1. The Kier molecular flexibility index (Phi) is 5.10. The van der Waals surface area contributed by atoms with Gasteiger partial charge in [-0.05, 0) is 45.2 Å². The van der Waals surface area contributed by atoms with E-state index in [1.54, 1.807) is 0 Å². The van der Waals surface area contributed by atoms with Gasteiger partial charge in [0.05, 0.1) is 6.54 Å². The molecule has 106 valence electrons. The zero-order valence-electron chi connectivity index (χ0n) is 12.0. The Hall–Kier alpha value is -1.20. The highest BCUT2D eigenvalue weighted by Gasteiger charge is 2.16. The van der Waals surface area contributed by atoms with E-state index in [0.717, 1.165) is 37.1 Å². The summed E-state index contributed by atoms with van der Waals surface area (Å²) in [5.74, 6) is 7.88. The number of anilines is 1. The molecule has 0 radical (unpaired) electrons. The molecule has 0 saturated carbocycles. The lowest BCUT2D eigenvalue weighted by Gasteiger charge is -2.19. The molecule has 1 aromatic heterocycles. The fourth-order valence-electron chi connectivity index (χ4n) is 2.77. The van der Waals surface area contributed by atoms with Crippen molar-refractivity contribution < 1.29 is 0 Å². The quantitative estimate of drug-likeness (QED) is 0.643. The summed E-state index contributed by atoms with van der Waals surface area (Å²) < 4.78 is 0. The number of nitrogen functional groups attached to an aromatic ring is 1. The highest BCUT2D eigenvalue weighted by Crippen LogP contribution is 2.21. The molecular formula is C14H25N5. The normalized spacial score (nSPS) is 21.1. The largest absolute Gasteiger partial charge is 0.308 e. The Balaban J connectivity index is 1.98. The van der Waals surface area contributed by atoms with Gasteiger partial charge in [-0.3, -0.25) is 4.90 Å². The van der Waals surface area contributed by atoms with Crippen molar-refractivity contribution >= 4 is 5.82 Å². The first-order valence-electron chi connectivity index (χ1n) is 7.24. The summed E-state index contributed by atoms with van der Waals surface area (Å²) in [6.07, 6.45) is 5.24. The minimum absolute atomic E-state index is 0.698. The number of aromatic nitrogens is 2. The van der Waals surface area contributed by atoms with Gasteiger partial charge in [-0.25, -0.2) is 15.8 Å². The molecule has 0 bridgehead atoms. The van der Waals surface area contributed by atoms with Crippen LogP contribution in [0.25, 0.3) is 0 Å². The molecule has 1 atom stereocenters. The predicted octanol–water partition coefficient (Wildman–Crippen LogP) is 2.08. The molecule has 0 aliphatic carbocycles. The van der Waals surface area contributed by atoms with Gasteiger partial charge in [0.15, 0.2) is 0 Å². The molecule has 1 fully saturated rings. The maximum absolute atomic E-state index is 5.43. The van der Waals surface area contributed by atoms with Crippen molar-refractivity contribution in [2.45, 2.75) is 46.1 Å². The molecule has 0 aromatic carbocycles. The molecule has 2 heterocycles. The summed E-state index contributed by atoms with van der Waals surface area (Å²) in [4.78, 5) is 11.4. The van der Waals surface area contributed by atoms with Crippen molar-refractivity contribution in [3.05, 3.63) is 17.6 Å². The van der Waals surface area contributed by atoms with Crippen molar-refractivity contribution in [2.24, 2.45) is 11.8 Å². The second kappa shape index (κ2) is 6.82. The Bertz CT molecular complexity index is 407. The Morgan fingerprint density at radius 2 is 2.21 bits per heavy atom. The van der Waals surface area contributed by atoms with E-state index >= 15 is 0 Å². The van der Waals surface area contributed by atoms with Crippen LogP contribution in [0.1, 0.15) is 44.1 Å². The van der Waals surface area contributed by atoms with Crippen LogP contribution in [-0.2, 0) is 6.54 Å². The van der Waals surface area contributed by atoms with Gasteiger partial charge in [-0.15, -0.1) is 0 Å². The van der Waals surface area contributed by atoms with Gasteiger partial charge in [-0.2, -0.15) is 0 Å². The molecule has 19 heavy (non-hydrogen) atoms. The number of aryl methyl sites for hydroxylation is 1. The molecule has 1 aliphatic rings. The first-order valence-corrected chi connectivity index (χ1v) is 7.24. The monoisotopic (exact) mass is 263 g/mol. The minimum Gasteiger partial charge on any atom is -0.308 e. The third-order valence-corrected chi connectivity index (χ3v) is 3.93. The molecular weight excluding hydrogens is 238 g/mol. The lowest BCUT2D eigenvalue weighted by molar-refractivity contribution is 0.265. The van der Waals surface area contributed by atoms with Crippen molar-refractivity contribution in [2.75, 3.05) is 18.5 Å². The van der Waals surface area contributed by atoms with E-state index < -0.39 is 0 Å². The van der Waals surface area contributed by atoms with Crippen LogP contribution in [0.2, 0.25) is 0 Å². The SMILES string of the molecule is CCC1CCCN(Cc2nc(C)cc(NN)n2)CC1. The second-order valence-electron chi connectivity index (χ2n) is 5.44. The number of hydrogen-bond acceptors (Lipinski definition) is 5. The molecule has 5 nitrogen and oxygen atoms in total. The fourth-order valence-corrected chi connectivity index (χ4v) is 2.77. The average Bonchev–Trinajstić information content (AvgIpc) is 2.63. The van der Waals surface area contributed by atoms with Crippen LogP contribution in [0.4, 0.5) is 5.82 Å².